The van der Waals surface area contributed by atoms with Gasteiger partial charge in [0, 0.05) is 17.8 Å². The predicted octanol–water partition coefficient (Wildman–Crippen LogP) is 4.17. The van der Waals surface area contributed by atoms with Gasteiger partial charge in [-0.05, 0) is 48.6 Å². The molecule has 0 aliphatic heterocycles. The number of thioether (sulfide) groups is 1. The van der Waals surface area contributed by atoms with Crippen molar-refractivity contribution in [2.75, 3.05) is 5.75 Å². The molecule has 7 nitrogen and oxygen atoms in total. The lowest BCUT2D eigenvalue weighted by Gasteiger charge is -2.09. The van der Waals surface area contributed by atoms with E-state index >= 15 is 0 Å². The van der Waals surface area contributed by atoms with Crippen molar-refractivity contribution in [3.8, 4) is 5.69 Å². The highest BCUT2D eigenvalue weighted by molar-refractivity contribution is 7.99. The van der Waals surface area contributed by atoms with Gasteiger partial charge in [-0.25, -0.2) is 4.98 Å². The molecule has 3 aromatic heterocycles. The number of halogens is 1. The zero-order valence-corrected chi connectivity index (χ0v) is 18.8. The van der Waals surface area contributed by atoms with Gasteiger partial charge in [0.05, 0.1) is 18.6 Å². The number of amides is 1. The summed E-state index contributed by atoms with van der Waals surface area (Å²) in [6.45, 7) is 0.304. The number of nitrogens with zero attached hydrogens (tertiary/aromatic N) is 3. The Morgan fingerprint density at radius 1 is 1.33 bits per heavy atom. The fourth-order valence-corrected chi connectivity index (χ4v) is 5.01. The van der Waals surface area contributed by atoms with Crippen LogP contribution in [0.5, 0.6) is 0 Å². The summed E-state index contributed by atoms with van der Waals surface area (Å²) in [5.41, 5.74) is 1.03. The number of hydrogen-bond donors (Lipinski definition) is 1. The third-order valence-corrected chi connectivity index (χ3v) is 6.86. The lowest BCUT2D eigenvalue weighted by atomic mass is 10.3. The van der Waals surface area contributed by atoms with E-state index in [9.17, 15) is 9.59 Å². The molecule has 11 heteroatoms. The van der Waals surface area contributed by atoms with Gasteiger partial charge in [0.25, 0.3) is 5.56 Å². The number of carbonyl (C=O) groups excluding carboxylic acids is 1. The summed E-state index contributed by atoms with van der Waals surface area (Å²) in [5.74, 6) is 0.587. The van der Waals surface area contributed by atoms with Crippen LogP contribution >= 0.6 is 46.9 Å². The minimum Gasteiger partial charge on any atom is -0.467 e. The highest BCUT2D eigenvalue weighted by Gasteiger charge is 2.17. The van der Waals surface area contributed by atoms with Crippen LogP contribution in [-0.4, -0.2) is 25.8 Å². The molecule has 4 rings (SSSR count). The third-order valence-electron chi connectivity index (χ3n) is 4.23. The van der Waals surface area contributed by atoms with Crippen LogP contribution in [0.2, 0.25) is 5.02 Å². The highest BCUT2D eigenvalue weighted by atomic mass is 35.5. The van der Waals surface area contributed by atoms with Crippen molar-refractivity contribution in [2.24, 2.45) is 7.05 Å². The van der Waals surface area contributed by atoms with E-state index in [0.717, 1.165) is 5.69 Å². The van der Waals surface area contributed by atoms with Gasteiger partial charge in [-0.3, -0.25) is 18.7 Å². The summed E-state index contributed by atoms with van der Waals surface area (Å²) in [5, 5.41) is 3.80. The highest BCUT2D eigenvalue weighted by Crippen LogP contribution is 2.26. The maximum Gasteiger partial charge on any atom is 0.273 e. The molecule has 0 spiro atoms. The van der Waals surface area contributed by atoms with Crippen molar-refractivity contribution >= 4 is 63.2 Å². The summed E-state index contributed by atoms with van der Waals surface area (Å²) in [6, 6.07) is 10.7. The fourth-order valence-electron chi connectivity index (χ4n) is 2.74. The number of hydrogen-bond acceptors (Lipinski definition) is 7. The maximum absolute atomic E-state index is 12.9. The molecule has 1 aromatic carbocycles. The normalized spacial score (nSPS) is 11.1. The standard InChI is InChI=1S/C19H15ClN4O3S3/c1-23-17(26)15-16(24(19(28)30-15)12-6-4-11(20)5-7-12)22-18(23)29-10-14(25)21-9-13-3-2-8-27-13/h2-8H,9-10H2,1H3,(H,21,25). The van der Waals surface area contributed by atoms with E-state index in [1.54, 1.807) is 42.1 Å². The second-order valence-electron chi connectivity index (χ2n) is 6.24. The first-order chi connectivity index (χ1) is 14.4. The van der Waals surface area contributed by atoms with E-state index in [-0.39, 0.29) is 17.2 Å². The van der Waals surface area contributed by atoms with Crippen LogP contribution in [0.25, 0.3) is 16.0 Å². The molecule has 0 unspecified atom stereocenters. The molecule has 154 valence electrons. The number of rotatable bonds is 6. The number of fused-ring (bicyclic) bond motifs is 1. The molecule has 0 saturated heterocycles. The van der Waals surface area contributed by atoms with E-state index < -0.39 is 0 Å². The van der Waals surface area contributed by atoms with E-state index in [4.69, 9.17) is 28.2 Å². The molecule has 0 aliphatic carbocycles. The second-order valence-corrected chi connectivity index (χ2v) is 9.26. The Kier molecular flexibility index (Phi) is 6.09. The molecule has 1 amide bonds. The molecule has 30 heavy (non-hydrogen) atoms. The molecule has 3 heterocycles. The van der Waals surface area contributed by atoms with Crippen LogP contribution in [0.1, 0.15) is 5.76 Å². The van der Waals surface area contributed by atoms with Gasteiger partial charge in [-0.1, -0.05) is 34.7 Å². The van der Waals surface area contributed by atoms with Crippen LogP contribution in [0.4, 0.5) is 0 Å². The molecule has 4 aromatic rings. The van der Waals surface area contributed by atoms with E-state index in [2.05, 4.69) is 10.3 Å². The van der Waals surface area contributed by atoms with Crippen molar-refractivity contribution < 1.29 is 9.21 Å². The fraction of sp³-hybridized carbons (Fsp3) is 0.158. The minimum absolute atomic E-state index is 0.109. The Morgan fingerprint density at radius 2 is 2.10 bits per heavy atom. The Hall–Kier alpha value is -2.40. The van der Waals surface area contributed by atoms with Crippen LogP contribution in [0.3, 0.4) is 0 Å². The van der Waals surface area contributed by atoms with Crippen molar-refractivity contribution in [3.05, 3.63) is 67.8 Å². The van der Waals surface area contributed by atoms with Gasteiger partial charge in [-0.2, -0.15) is 0 Å². The average molecular weight is 479 g/mol. The maximum atomic E-state index is 12.9. The van der Waals surface area contributed by atoms with Gasteiger partial charge in [0.15, 0.2) is 14.8 Å². The van der Waals surface area contributed by atoms with E-state index in [0.29, 0.717) is 36.8 Å². The van der Waals surface area contributed by atoms with E-state index in [1.165, 1.54) is 27.7 Å². The lowest BCUT2D eigenvalue weighted by molar-refractivity contribution is -0.118. The summed E-state index contributed by atoms with van der Waals surface area (Å²) in [4.78, 5) is 29.7. The summed E-state index contributed by atoms with van der Waals surface area (Å²) in [6.07, 6.45) is 1.55. The Balaban J connectivity index is 1.62. The van der Waals surface area contributed by atoms with Crippen LogP contribution in [0.15, 0.2) is 57.0 Å². The van der Waals surface area contributed by atoms with Gasteiger partial charge in [0.1, 0.15) is 10.5 Å². The minimum atomic E-state index is -0.206. The summed E-state index contributed by atoms with van der Waals surface area (Å²) < 4.78 is 9.35. The zero-order valence-electron chi connectivity index (χ0n) is 15.6. The number of furan rings is 1. The van der Waals surface area contributed by atoms with E-state index in [1.807, 2.05) is 12.1 Å². The zero-order chi connectivity index (χ0) is 21.3. The first-order valence-electron chi connectivity index (χ1n) is 8.74. The Labute approximate surface area is 189 Å². The van der Waals surface area contributed by atoms with Gasteiger partial charge in [-0.15, -0.1) is 0 Å². The monoisotopic (exact) mass is 478 g/mol. The second kappa shape index (κ2) is 8.76. The largest absolute Gasteiger partial charge is 0.467 e. The van der Waals surface area contributed by atoms with Gasteiger partial charge < -0.3 is 9.73 Å². The first-order valence-corrected chi connectivity index (χ1v) is 11.3. The Bertz CT molecular complexity index is 1320. The number of benzene rings is 1. The molecule has 1 N–H and O–H groups in total. The molecular weight excluding hydrogens is 464 g/mol. The lowest BCUT2D eigenvalue weighted by Crippen LogP contribution is -2.25. The molecular formula is C19H15ClN4O3S3. The number of aromatic nitrogens is 3. The summed E-state index contributed by atoms with van der Waals surface area (Å²) in [7, 11) is 1.63. The smallest absolute Gasteiger partial charge is 0.273 e. The van der Waals surface area contributed by atoms with Crippen LogP contribution in [0, 0.1) is 3.95 Å². The Morgan fingerprint density at radius 3 is 2.80 bits per heavy atom. The van der Waals surface area contributed by atoms with Crippen molar-refractivity contribution in [1.82, 2.24) is 19.4 Å². The molecule has 0 fully saturated rings. The topological polar surface area (TPSA) is 82.1 Å². The quantitative estimate of drug-likeness (QED) is 0.254. The number of carbonyl (C=O) groups is 1. The first kappa shape index (κ1) is 20.9. The summed E-state index contributed by atoms with van der Waals surface area (Å²) >= 11 is 13.8. The van der Waals surface area contributed by atoms with Crippen LogP contribution in [-0.2, 0) is 18.4 Å². The van der Waals surface area contributed by atoms with Gasteiger partial charge in [0.2, 0.25) is 5.91 Å². The number of nitrogens with one attached hydrogen (secondary N) is 1. The SMILES string of the molecule is Cn1c(SCC(=O)NCc2ccco2)nc2c(sc(=S)n2-c2ccc(Cl)cc2)c1=O. The van der Waals surface area contributed by atoms with Crippen LogP contribution < -0.4 is 10.9 Å². The van der Waals surface area contributed by atoms with Crippen molar-refractivity contribution in [2.45, 2.75) is 11.7 Å². The molecule has 0 saturated carbocycles. The predicted molar refractivity (Wildman–Crippen MR) is 121 cm³/mol. The molecule has 0 atom stereocenters. The number of thiazole rings is 1. The van der Waals surface area contributed by atoms with Crippen molar-refractivity contribution in [1.29, 1.82) is 0 Å². The molecule has 0 bridgehead atoms. The molecule has 0 aliphatic rings. The van der Waals surface area contributed by atoms with Crippen molar-refractivity contribution in [3.63, 3.8) is 0 Å². The molecule has 0 radical (unpaired) electrons. The third kappa shape index (κ3) is 4.22. The van der Waals surface area contributed by atoms with Gasteiger partial charge >= 0.3 is 0 Å². The average Bonchev–Trinajstić information content (AvgIpc) is 3.36.